The number of nitrogens with zero attached hydrogens (tertiary/aromatic N) is 4. The second kappa shape index (κ2) is 12.8. The summed E-state index contributed by atoms with van der Waals surface area (Å²) >= 11 is 0. The fourth-order valence-corrected chi connectivity index (χ4v) is 5.50. The molecule has 1 aromatic carbocycles. The summed E-state index contributed by atoms with van der Waals surface area (Å²) in [6.45, 7) is 3.81. The van der Waals surface area contributed by atoms with Crippen molar-refractivity contribution in [1.29, 1.82) is 0 Å². The molecule has 1 aliphatic carbocycles. The Morgan fingerprint density at radius 1 is 1.05 bits per heavy atom. The second-order valence-corrected chi connectivity index (χ2v) is 10.5. The van der Waals surface area contributed by atoms with Gasteiger partial charge in [-0.05, 0) is 44.7 Å². The highest BCUT2D eigenvalue weighted by atomic mass is 19.4. The Balaban J connectivity index is 1.20. The van der Waals surface area contributed by atoms with Crippen LogP contribution in [0.25, 0.3) is 11.3 Å². The van der Waals surface area contributed by atoms with Crippen molar-refractivity contribution in [2.45, 2.75) is 69.8 Å². The van der Waals surface area contributed by atoms with Crippen molar-refractivity contribution in [3.63, 3.8) is 0 Å². The van der Waals surface area contributed by atoms with Crippen molar-refractivity contribution in [2.75, 3.05) is 35.2 Å². The molecule has 1 saturated carbocycles. The number of carbonyl (C=O) groups excluding carboxylic acids is 1. The van der Waals surface area contributed by atoms with Crippen molar-refractivity contribution in [3.05, 3.63) is 48.7 Å². The van der Waals surface area contributed by atoms with E-state index in [-0.39, 0.29) is 24.2 Å². The first-order chi connectivity index (χ1) is 19.8. The third kappa shape index (κ3) is 7.46. The molecule has 3 unspecified atom stereocenters. The van der Waals surface area contributed by atoms with E-state index in [1.165, 1.54) is 12.4 Å². The minimum Gasteiger partial charge on any atom is -0.424 e. The van der Waals surface area contributed by atoms with Gasteiger partial charge in [-0.1, -0.05) is 25.0 Å². The summed E-state index contributed by atoms with van der Waals surface area (Å²) in [5, 5.41) is 12.8. The largest absolute Gasteiger partial charge is 0.451 e. The minimum absolute atomic E-state index is 0.116. The third-order valence-corrected chi connectivity index (χ3v) is 7.45. The zero-order valence-electron chi connectivity index (χ0n) is 22.9. The molecule has 2 fully saturated rings. The Bertz CT molecular complexity index is 1300. The maximum Gasteiger partial charge on any atom is 0.451 e. The van der Waals surface area contributed by atoms with Gasteiger partial charge < -0.3 is 30.6 Å². The number of piperidine rings is 1. The second-order valence-electron chi connectivity index (χ2n) is 10.5. The molecular formula is C28H35F3N8O2. The van der Waals surface area contributed by atoms with Gasteiger partial charge in [0.1, 0.15) is 0 Å². The summed E-state index contributed by atoms with van der Waals surface area (Å²) in [6, 6.07) is 8.04. The van der Waals surface area contributed by atoms with E-state index in [4.69, 9.17) is 4.42 Å². The van der Waals surface area contributed by atoms with E-state index in [2.05, 4.69) is 36.2 Å². The number of hydrogen-bond donors (Lipinski definition) is 4. The number of oxazole rings is 1. The number of alkyl halides is 3. The molecule has 41 heavy (non-hydrogen) atoms. The fraction of sp³-hybridized carbons (Fsp3) is 0.500. The van der Waals surface area contributed by atoms with Crippen LogP contribution in [-0.2, 0) is 6.18 Å². The molecule has 10 nitrogen and oxygen atoms in total. The molecule has 5 rings (SSSR count). The molecule has 2 aliphatic rings. The summed E-state index contributed by atoms with van der Waals surface area (Å²) in [4.78, 5) is 25.4. The zero-order valence-corrected chi connectivity index (χ0v) is 22.9. The number of anilines is 3. The first kappa shape index (κ1) is 28.7. The van der Waals surface area contributed by atoms with Crippen LogP contribution in [0.2, 0.25) is 0 Å². The van der Waals surface area contributed by atoms with Crippen molar-refractivity contribution >= 4 is 23.4 Å². The summed E-state index contributed by atoms with van der Waals surface area (Å²) in [6.07, 6.45) is 5.70. The molecule has 1 saturated heterocycles. The highest BCUT2D eigenvalue weighted by molar-refractivity contribution is 5.89. The lowest BCUT2D eigenvalue weighted by Gasteiger charge is -2.40. The predicted molar refractivity (Wildman–Crippen MR) is 150 cm³/mol. The summed E-state index contributed by atoms with van der Waals surface area (Å²) in [5.41, 5.74) is 2.05. The van der Waals surface area contributed by atoms with Crippen molar-refractivity contribution in [3.8, 4) is 11.3 Å². The van der Waals surface area contributed by atoms with Gasteiger partial charge in [-0.2, -0.15) is 13.2 Å². The molecular weight excluding hydrogens is 537 g/mol. The lowest BCUT2D eigenvalue weighted by molar-refractivity contribution is -0.145. The summed E-state index contributed by atoms with van der Waals surface area (Å²) < 4.78 is 44.6. The summed E-state index contributed by atoms with van der Waals surface area (Å²) in [7, 11) is 0. The van der Waals surface area contributed by atoms with Gasteiger partial charge in [0.2, 0.25) is 5.82 Å². The van der Waals surface area contributed by atoms with Gasteiger partial charge in [-0.15, -0.1) is 0 Å². The van der Waals surface area contributed by atoms with Crippen LogP contribution in [0.1, 0.15) is 51.3 Å². The smallest absolute Gasteiger partial charge is 0.424 e. The lowest BCUT2D eigenvalue weighted by atomic mass is 9.89. The maximum atomic E-state index is 12.9. The van der Waals surface area contributed by atoms with Gasteiger partial charge in [-0.25, -0.2) is 19.7 Å². The topological polar surface area (TPSA) is 120 Å². The van der Waals surface area contributed by atoms with Gasteiger partial charge in [0.05, 0.1) is 24.3 Å². The van der Waals surface area contributed by atoms with Crippen LogP contribution in [0.15, 0.2) is 47.3 Å². The van der Waals surface area contributed by atoms with Crippen LogP contribution in [0.5, 0.6) is 0 Å². The fourth-order valence-electron chi connectivity index (χ4n) is 5.50. The SMILES string of the molecule is CCNC(=O)Nc1cccc(-c2cnc(NC3CCCCC3NC3CCCN(c4cnc(C(F)(F)F)nc4)C3)o2)c1. The molecule has 3 atom stereocenters. The highest BCUT2D eigenvalue weighted by Gasteiger charge is 2.35. The zero-order chi connectivity index (χ0) is 28.8. The quantitative estimate of drug-likeness (QED) is 0.288. The molecule has 4 N–H and O–H groups in total. The Labute approximate surface area is 236 Å². The highest BCUT2D eigenvalue weighted by Crippen LogP contribution is 2.29. The van der Waals surface area contributed by atoms with E-state index in [9.17, 15) is 18.0 Å². The number of halogens is 3. The Kier molecular flexibility index (Phi) is 8.91. The number of aromatic nitrogens is 3. The number of nitrogens with one attached hydrogen (secondary N) is 4. The van der Waals surface area contributed by atoms with E-state index >= 15 is 0 Å². The predicted octanol–water partition coefficient (Wildman–Crippen LogP) is 5.27. The molecule has 3 aromatic rings. The number of amides is 2. The normalized spacial score (nSPS) is 21.4. The van der Waals surface area contributed by atoms with Gasteiger partial charge in [0.25, 0.3) is 6.01 Å². The first-order valence-electron chi connectivity index (χ1n) is 14.1. The van der Waals surface area contributed by atoms with E-state index in [0.717, 1.165) is 50.6 Å². The number of carbonyl (C=O) groups is 1. The molecule has 3 heterocycles. The monoisotopic (exact) mass is 572 g/mol. The Hall–Kier alpha value is -3.87. The van der Waals surface area contributed by atoms with Crippen molar-refractivity contribution < 1.29 is 22.4 Å². The Morgan fingerprint density at radius 2 is 1.83 bits per heavy atom. The molecule has 2 amide bonds. The van der Waals surface area contributed by atoms with Crippen molar-refractivity contribution in [1.82, 2.24) is 25.6 Å². The first-order valence-corrected chi connectivity index (χ1v) is 14.1. The van der Waals surface area contributed by atoms with E-state index in [1.54, 1.807) is 6.20 Å². The van der Waals surface area contributed by atoms with Crippen molar-refractivity contribution in [2.24, 2.45) is 0 Å². The average molecular weight is 573 g/mol. The molecule has 2 aromatic heterocycles. The standard InChI is InChI=1S/C28H35F3N8O2/c1-2-32-26(40)37-19-8-5-7-18(13-19)24-16-35-27(41-24)38-23-11-4-3-10-22(23)36-20-9-6-12-39(17-20)21-14-33-25(34-15-21)28(29,30)31/h5,7-8,13-16,20,22-23,36H,2-4,6,9-12,17H2,1H3,(H,35,38)(H2,32,37,40). The molecule has 0 spiro atoms. The average Bonchev–Trinajstić information content (AvgIpc) is 3.43. The van der Waals surface area contributed by atoms with Crippen LogP contribution in [0.3, 0.4) is 0 Å². The van der Waals surface area contributed by atoms with Gasteiger partial charge in [0.15, 0.2) is 5.76 Å². The molecule has 0 bridgehead atoms. The van der Waals surface area contributed by atoms with Crippen LogP contribution in [0.4, 0.5) is 35.4 Å². The molecule has 1 aliphatic heterocycles. The minimum atomic E-state index is -4.55. The third-order valence-electron chi connectivity index (χ3n) is 7.45. The summed E-state index contributed by atoms with van der Waals surface area (Å²) in [5.74, 6) is -0.531. The maximum absolute atomic E-state index is 12.9. The Morgan fingerprint density at radius 3 is 2.59 bits per heavy atom. The van der Waals surface area contributed by atoms with E-state index in [0.29, 0.717) is 36.2 Å². The van der Waals surface area contributed by atoms with Crippen LogP contribution in [-0.4, -0.2) is 58.7 Å². The molecule has 13 heteroatoms. The number of urea groups is 1. The molecule has 0 radical (unpaired) electrons. The van der Waals surface area contributed by atoms with Gasteiger partial charge in [-0.3, -0.25) is 0 Å². The van der Waals surface area contributed by atoms with Crippen LogP contribution in [0, 0.1) is 0 Å². The van der Waals surface area contributed by atoms with E-state index < -0.39 is 12.0 Å². The number of hydrogen-bond acceptors (Lipinski definition) is 8. The lowest BCUT2D eigenvalue weighted by Crippen LogP contribution is -2.55. The van der Waals surface area contributed by atoms with Gasteiger partial charge >= 0.3 is 12.2 Å². The number of rotatable bonds is 8. The van der Waals surface area contributed by atoms with E-state index in [1.807, 2.05) is 36.1 Å². The molecule has 220 valence electrons. The van der Waals surface area contributed by atoms with Gasteiger partial charge in [0, 0.05) is 49.0 Å². The van der Waals surface area contributed by atoms with Crippen LogP contribution < -0.4 is 26.2 Å². The number of benzene rings is 1. The van der Waals surface area contributed by atoms with Crippen LogP contribution >= 0.6 is 0 Å².